The Hall–Kier alpha value is -2.86. The number of aliphatic hydroxyl groups excluding tert-OH is 1. The molecule has 6 nitrogen and oxygen atoms in total. The molecule has 0 aliphatic carbocycles. The largest absolute Gasteiger partial charge is 0.393 e. The Labute approximate surface area is 178 Å². The first-order valence-corrected chi connectivity index (χ1v) is 10.4. The average molecular weight is 410 g/mol. The molecule has 3 amide bonds. The molecular weight excluding hydrogens is 378 g/mol. The number of aliphatic hydroxyl groups is 1. The molecule has 1 heterocycles. The van der Waals surface area contributed by atoms with Gasteiger partial charge in [0.15, 0.2) is 0 Å². The van der Waals surface area contributed by atoms with Crippen molar-refractivity contribution in [2.24, 2.45) is 0 Å². The highest BCUT2D eigenvalue weighted by Crippen LogP contribution is 2.23. The number of amides is 3. The van der Waals surface area contributed by atoms with Gasteiger partial charge in [-0.05, 0) is 53.6 Å². The van der Waals surface area contributed by atoms with E-state index in [0.29, 0.717) is 38.0 Å². The highest BCUT2D eigenvalue weighted by Gasteiger charge is 2.21. The van der Waals surface area contributed by atoms with Crippen molar-refractivity contribution in [3.05, 3.63) is 59.7 Å². The Morgan fingerprint density at radius 1 is 0.933 bits per heavy atom. The van der Waals surface area contributed by atoms with E-state index in [1.54, 1.807) is 17.0 Å². The summed E-state index contributed by atoms with van der Waals surface area (Å²) in [6, 6.07) is 14.8. The Morgan fingerprint density at radius 3 is 1.93 bits per heavy atom. The third-order valence-corrected chi connectivity index (χ3v) is 5.39. The second-order valence-corrected chi connectivity index (χ2v) is 8.89. The molecule has 30 heavy (non-hydrogen) atoms. The minimum Gasteiger partial charge on any atom is -0.393 e. The fourth-order valence-corrected chi connectivity index (χ4v) is 3.45. The van der Waals surface area contributed by atoms with Crippen LogP contribution in [0.2, 0.25) is 0 Å². The molecule has 160 valence electrons. The highest BCUT2D eigenvalue weighted by molar-refractivity contribution is 5.99. The van der Waals surface area contributed by atoms with Gasteiger partial charge in [0.2, 0.25) is 5.91 Å². The van der Waals surface area contributed by atoms with Gasteiger partial charge in [0.05, 0.1) is 12.5 Å². The van der Waals surface area contributed by atoms with Crippen LogP contribution in [-0.2, 0) is 16.6 Å². The van der Waals surface area contributed by atoms with Crippen LogP contribution < -0.4 is 10.6 Å². The van der Waals surface area contributed by atoms with Crippen LogP contribution in [-0.4, -0.2) is 41.1 Å². The number of rotatable bonds is 4. The first kappa shape index (κ1) is 21.8. The number of carbonyl (C=O) groups excluding carboxylic acids is 2. The van der Waals surface area contributed by atoms with Crippen molar-refractivity contribution in [1.29, 1.82) is 0 Å². The van der Waals surface area contributed by atoms with Gasteiger partial charge in [-0.2, -0.15) is 0 Å². The number of nitrogens with zero attached hydrogens (tertiary/aromatic N) is 1. The summed E-state index contributed by atoms with van der Waals surface area (Å²) in [7, 11) is 0. The Morgan fingerprint density at radius 2 is 1.43 bits per heavy atom. The van der Waals surface area contributed by atoms with E-state index < -0.39 is 0 Å². The van der Waals surface area contributed by atoms with E-state index in [9.17, 15) is 14.7 Å². The van der Waals surface area contributed by atoms with Crippen molar-refractivity contribution < 1.29 is 14.7 Å². The van der Waals surface area contributed by atoms with Crippen LogP contribution in [0.25, 0.3) is 0 Å². The third kappa shape index (κ3) is 6.07. The second kappa shape index (κ2) is 9.30. The van der Waals surface area contributed by atoms with Crippen LogP contribution in [0.15, 0.2) is 48.5 Å². The molecule has 6 heteroatoms. The molecule has 0 bridgehead atoms. The van der Waals surface area contributed by atoms with Gasteiger partial charge in [0, 0.05) is 24.5 Å². The van der Waals surface area contributed by atoms with Gasteiger partial charge in [-0.3, -0.25) is 4.79 Å². The van der Waals surface area contributed by atoms with Crippen LogP contribution in [0.5, 0.6) is 0 Å². The fourth-order valence-electron chi connectivity index (χ4n) is 3.45. The standard InChI is InChI=1S/C24H31N3O3/c1-24(2,3)18-6-10-20(11-7-18)26-23(30)25-19-8-4-17(5-9-19)16-22(29)27-14-12-21(28)13-15-27/h4-11,21,28H,12-16H2,1-3H3,(H2,25,26,30). The molecule has 0 saturated carbocycles. The third-order valence-electron chi connectivity index (χ3n) is 5.39. The van der Waals surface area contributed by atoms with Crippen molar-refractivity contribution in [3.8, 4) is 0 Å². The van der Waals surface area contributed by atoms with Crippen LogP contribution in [0.4, 0.5) is 16.2 Å². The van der Waals surface area contributed by atoms with E-state index >= 15 is 0 Å². The lowest BCUT2D eigenvalue weighted by Gasteiger charge is -2.29. The molecule has 2 aromatic rings. The first-order chi connectivity index (χ1) is 14.2. The summed E-state index contributed by atoms with van der Waals surface area (Å²) in [5.41, 5.74) is 3.57. The quantitative estimate of drug-likeness (QED) is 0.709. The minimum absolute atomic E-state index is 0.0686. The maximum atomic E-state index is 12.4. The monoisotopic (exact) mass is 409 g/mol. The lowest BCUT2D eigenvalue weighted by molar-refractivity contribution is -0.132. The number of nitrogens with one attached hydrogen (secondary N) is 2. The number of likely N-dealkylation sites (tertiary alicyclic amines) is 1. The highest BCUT2D eigenvalue weighted by atomic mass is 16.3. The maximum Gasteiger partial charge on any atom is 0.323 e. The zero-order valence-electron chi connectivity index (χ0n) is 17.9. The topological polar surface area (TPSA) is 81.7 Å². The lowest BCUT2D eigenvalue weighted by atomic mass is 9.87. The van der Waals surface area contributed by atoms with Gasteiger partial charge >= 0.3 is 6.03 Å². The second-order valence-electron chi connectivity index (χ2n) is 8.89. The van der Waals surface area contributed by atoms with E-state index in [1.165, 1.54) is 5.56 Å². The molecule has 0 spiro atoms. The maximum absolute atomic E-state index is 12.4. The zero-order chi connectivity index (χ0) is 21.7. The predicted molar refractivity (Wildman–Crippen MR) is 120 cm³/mol. The molecule has 0 radical (unpaired) electrons. The van der Waals surface area contributed by atoms with Crippen LogP contribution in [0.3, 0.4) is 0 Å². The number of piperidine rings is 1. The van der Waals surface area contributed by atoms with Crippen LogP contribution >= 0.6 is 0 Å². The summed E-state index contributed by atoms with van der Waals surface area (Å²) in [4.78, 5) is 26.4. The summed E-state index contributed by atoms with van der Waals surface area (Å²) in [5, 5.41) is 15.2. The average Bonchev–Trinajstić information content (AvgIpc) is 2.69. The SMILES string of the molecule is CC(C)(C)c1ccc(NC(=O)Nc2ccc(CC(=O)N3CCC(O)CC3)cc2)cc1. The van der Waals surface area contributed by atoms with Gasteiger partial charge in [0.25, 0.3) is 0 Å². The Bertz CT molecular complexity index is 862. The summed E-state index contributed by atoms with van der Waals surface area (Å²) in [6.07, 6.45) is 1.32. The number of benzene rings is 2. The van der Waals surface area contributed by atoms with E-state index in [2.05, 4.69) is 31.4 Å². The Kier molecular flexibility index (Phi) is 6.77. The predicted octanol–water partition coefficient (Wildman–Crippen LogP) is 4.15. The fraction of sp³-hybridized carbons (Fsp3) is 0.417. The number of hydrogen-bond acceptors (Lipinski definition) is 3. The molecule has 2 aromatic carbocycles. The molecule has 3 N–H and O–H groups in total. The van der Waals surface area contributed by atoms with Gasteiger partial charge in [-0.25, -0.2) is 4.79 Å². The zero-order valence-corrected chi connectivity index (χ0v) is 17.9. The van der Waals surface area contributed by atoms with Gasteiger partial charge in [-0.15, -0.1) is 0 Å². The summed E-state index contributed by atoms with van der Waals surface area (Å²) >= 11 is 0. The summed E-state index contributed by atoms with van der Waals surface area (Å²) in [6.45, 7) is 7.66. The molecule has 1 aliphatic rings. The minimum atomic E-state index is -0.311. The van der Waals surface area contributed by atoms with E-state index in [-0.39, 0.29) is 23.5 Å². The Balaban J connectivity index is 1.50. The lowest BCUT2D eigenvalue weighted by Crippen LogP contribution is -2.40. The normalized spacial score (nSPS) is 15.0. The van der Waals surface area contributed by atoms with E-state index in [1.807, 2.05) is 36.4 Å². The first-order valence-electron chi connectivity index (χ1n) is 10.4. The smallest absolute Gasteiger partial charge is 0.323 e. The summed E-state index contributed by atoms with van der Waals surface area (Å²) < 4.78 is 0. The number of urea groups is 1. The molecule has 1 fully saturated rings. The number of carbonyl (C=O) groups is 2. The molecule has 1 saturated heterocycles. The van der Waals surface area contributed by atoms with Gasteiger partial charge in [-0.1, -0.05) is 45.0 Å². The molecule has 0 unspecified atom stereocenters. The van der Waals surface area contributed by atoms with E-state index in [4.69, 9.17) is 0 Å². The molecule has 0 atom stereocenters. The molecular formula is C24H31N3O3. The van der Waals surface area contributed by atoms with Crippen molar-refractivity contribution in [3.63, 3.8) is 0 Å². The van der Waals surface area contributed by atoms with Crippen LogP contribution in [0.1, 0.15) is 44.7 Å². The molecule has 3 rings (SSSR count). The van der Waals surface area contributed by atoms with Crippen molar-refractivity contribution in [2.75, 3.05) is 23.7 Å². The summed E-state index contributed by atoms with van der Waals surface area (Å²) in [5.74, 6) is 0.0686. The van der Waals surface area contributed by atoms with Crippen LogP contribution in [0, 0.1) is 0 Å². The van der Waals surface area contributed by atoms with Gasteiger partial charge < -0.3 is 20.6 Å². The van der Waals surface area contributed by atoms with E-state index in [0.717, 1.165) is 11.3 Å². The molecule has 1 aliphatic heterocycles. The number of anilines is 2. The number of hydrogen-bond donors (Lipinski definition) is 3. The van der Waals surface area contributed by atoms with Crippen molar-refractivity contribution >= 4 is 23.3 Å². The molecule has 0 aromatic heterocycles. The van der Waals surface area contributed by atoms with Crippen molar-refractivity contribution in [2.45, 2.75) is 51.6 Å². The van der Waals surface area contributed by atoms with Gasteiger partial charge in [0.1, 0.15) is 0 Å². The van der Waals surface area contributed by atoms with Crippen molar-refractivity contribution in [1.82, 2.24) is 4.90 Å².